The first-order valence-electron chi connectivity index (χ1n) is 7.59. The van der Waals surface area contributed by atoms with E-state index < -0.39 is 5.41 Å². The maximum atomic E-state index is 12.1. The Hall–Kier alpha value is -1.55. The number of nitrogens with zero attached hydrogens (tertiary/aromatic N) is 1. The Morgan fingerprint density at radius 2 is 2.14 bits per heavy atom. The Labute approximate surface area is 136 Å². The van der Waals surface area contributed by atoms with E-state index in [4.69, 9.17) is 11.6 Å². The topological polar surface area (TPSA) is 49.4 Å². The largest absolute Gasteiger partial charge is 0.351 e. The van der Waals surface area contributed by atoms with Gasteiger partial charge in [-0.05, 0) is 24.1 Å². The predicted octanol–water partition coefficient (Wildman–Crippen LogP) is 2.65. The van der Waals surface area contributed by atoms with Crippen LogP contribution in [0.25, 0.3) is 0 Å². The van der Waals surface area contributed by atoms with Crippen molar-refractivity contribution in [2.24, 2.45) is 5.41 Å². The van der Waals surface area contributed by atoms with Crippen LogP contribution >= 0.6 is 11.6 Å². The number of hydrogen-bond acceptors (Lipinski definition) is 2. The molecule has 0 spiro atoms. The molecule has 1 atom stereocenters. The molecule has 1 aliphatic rings. The van der Waals surface area contributed by atoms with Gasteiger partial charge in [0, 0.05) is 29.9 Å². The van der Waals surface area contributed by atoms with Crippen LogP contribution in [-0.4, -0.2) is 35.8 Å². The first-order chi connectivity index (χ1) is 10.3. The fraction of sp³-hybridized carbons (Fsp3) is 0.529. The van der Waals surface area contributed by atoms with Crippen molar-refractivity contribution in [2.75, 3.05) is 13.1 Å². The van der Waals surface area contributed by atoms with E-state index in [-0.39, 0.29) is 17.9 Å². The minimum atomic E-state index is -0.433. The maximum absolute atomic E-state index is 12.1. The predicted molar refractivity (Wildman–Crippen MR) is 87.7 cm³/mol. The molecule has 1 saturated heterocycles. The number of carbonyl (C=O) groups excluding carboxylic acids is 2. The van der Waals surface area contributed by atoms with Crippen molar-refractivity contribution in [3.63, 3.8) is 0 Å². The summed E-state index contributed by atoms with van der Waals surface area (Å²) in [6.45, 7) is 6.85. The lowest BCUT2D eigenvalue weighted by molar-refractivity contribution is -0.129. The van der Waals surface area contributed by atoms with Crippen LogP contribution in [0, 0.1) is 5.41 Å². The molecule has 1 aliphatic heterocycles. The van der Waals surface area contributed by atoms with Gasteiger partial charge in [0.05, 0.1) is 6.04 Å². The van der Waals surface area contributed by atoms with Crippen molar-refractivity contribution in [3.8, 4) is 0 Å². The van der Waals surface area contributed by atoms with Crippen LogP contribution in [0.2, 0.25) is 5.02 Å². The summed E-state index contributed by atoms with van der Waals surface area (Å²) < 4.78 is 0. The van der Waals surface area contributed by atoms with Gasteiger partial charge in [-0.25, -0.2) is 0 Å². The molecule has 1 fully saturated rings. The number of likely N-dealkylation sites (tertiary alicyclic amines) is 1. The molecule has 0 saturated carbocycles. The highest BCUT2D eigenvalue weighted by Crippen LogP contribution is 2.17. The Morgan fingerprint density at radius 1 is 1.41 bits per heavy atom. The Kier molecular flexibility index (Phi) is 5.12. The van der Waals surface area contributed by atoms with Crippen molar-refractivity contribution >= 4 is 23.4 Å². The molecule has 1 aromatic rings. The first kappa shape index (κ1) is 16.8. The summed E-state index contributed by atoms with van der Waals surface area (Å²) in [6, 6.07) is 7.59. The molecule has 2 rings (SSSR count). The van der Waals surface area contributed by atoms with Gasteiger partial charge >= 0.3 is 0 Å². The quantitative estimate of drug-likeness (QED) is 0.926. The van der Waals surface area contributed by atoms with E-state index in [1.165, 1.54) is 0 Å². The van der Waals surface area contributed by atoms with E-state index in [0.29, 0.717) is 24.5 Å². The van der Waals surface area contributed by atoms with Gasteiger partial charge in [-0.2, -0.15) is 0 Å². The van der Waals surface area contributed by atoms with Crippen molar-refractivity contribution in [1.29, 1.82) is 0 Å². The van der Waals surface area contributed by atoms with Crippen molar-refractivity contribution in [1.82, 2.24) is 10.2 Å². The summed E-state index contributed by atoms with van der Waals surface area (Å²) in [7, 11) is 0. The van der Waals surface area contributed by atoms with Crippen molar-refractivity contribution in [2.45, 2.75) is 39.7 Å². The van der Waals surface area contributed by atoms with Gasteiger partial charge in [0.15, 0.2) is 0 Å². The first-order valence-corrected chi connectivity index (χ1v) is 7.96. The summed E-state index contributed by atoms with van der Waals surface area (Å²) in [4.78, 5) is 25.9. The standard InChI is InChI=1S/C17H23ClN2O2/c1-17(2,3)16(22)19-14-10-15(21)20(11-14)8-7-12-5-4-6-13(18)9-12/h4-6,9,14H,7-8,10-11H2,1-3H3,(H,19,22). The van der Waals surface area contributed by atoms with Gasteiger partial charge in [0.2, 0.25) is 11.8 Å². The molecule has 4 nitrogen and oxygen atoms in total. The third kappa shape index (κ3) is 4.47. The van der Waals surface area contributed by atoms with E-state index in [2.05, 4.69) is 5.32 Å². The molecule has 1 heterocycles. The highest BCUT2D eigenvalue weighted by Gasteiger charge is 2.32. The SMILES string of the molecule is CC(C)(C)C(=O)NC1CC(=O)N(CCc2cccc(Cl)c2)C1. The number of amides is 2. The minimum Gasteiger partial charge on any atom is -0.351 e. The van der Waals surface area contributed by atoms with E-state index in [1.807, 2.05) is 49.9 Å². The molecule has 0 radical (unpaired) electrons. The average Bonchev–Trinajstić information content (AvgIpc) is 2.75. The molecule has 1 unspecified atom stereocenters. The Morgan fingerprint density at radius 3 is 2.77 bits per heavy atom. The summed E-state index contributed by atoms with van der Waals surface area (Å²) in [6.07, 6.45) is 1.16. The van der Waals surface area contributed by atoms with Gasteiger partial charge in [0.1, 0.15) is 0 Å². The van der Waals surface area contributed by atoms with Crippen molar-refractivity contribution < 1.29 is 9.59 Å². The van der Waals surface area contributed by atoms with E-state index in [0.717, 1.165) is 12.0 Å². The van der Waals surface area contributed by atoms with Gasteiger partial charge in [-0.3, -0.25) is 9.59 Å². The van der Waals surface area contributed by atoms with E-state index >= 15 is 0 Å². The van der Waals surface area contributed by atoms with Crippen LogP contribution in [0.4, 0.5) is 0 Å². The lowest BCUT2D eigenvalue weighted by Gasteiger charge is -2.21. The van der Waals surface area contributed by atoms with Gasteiger partial charge in [-0.15, -0.1) is 0 Å². The summed E-state index contributed by atoms with van der Waals surface area (Å²) in [5, 5.41) is 3.67. The zero-order chi connectivity index (χ0) is 16.3. The molecule has 0 aliphatic carbocycles. The van der Waals surface area contributed by atoms with Crippen LogP contribution in [0.3, 0.4) is 0 Å². The molecular formula is C17H23ClN2O2. The molecule has 22 heavy (non-hydrogen) atoms. The second-order valence-electron chi connectivity index (χ2n) is 6.84. The van der Waals surface area contributed by atoms with Crippen LogP contribution < -0.4 is 5.32 Å². The van der Waals surface area contributed by atoms with Gasteiger partial charge in [-0.1, -0.05) is 44.5 Å². The summed E-state index contributed by atoms with van der Waals surface area (Å²) in [5.74, 6) is 0.0863. The van der Waals surface area contributed by atoms with E-state index in [1.54, 1.807) is 0 Å². The normalized spacial score (nSPS) is 18.6. The highest BCUT2D eigenvalue weighted by atomic mass is 35.5. The number of halogens is 1. The number of rotatable bonds is 4. The zero-order valence-electron chi connectivity index (χ0n) is 13.4. The lowest BCUT2D eigenvalue weighted by atomic mass is 9.95. The van der Waals surface area contributed by atoms with Crippen LogP contribution in [0.1, 0.15) is 32.8 Å². The molecule has 1 N–H and O–H groups in total. The molecular weight excluding hydrogens is 300 g/mol. The van der Waals surface area contributed by atoms with Crippen LogP contribution in [0.5, 0.6) is 0 Å². The molecule has 120 valence electrons. The van der Waals surface area contributed by atoms with Crippen LogP contribution in [0.15, 0.2) is 24.3 Å². The average molecular weight is 323 g/mol. The summed E-state index contributed by atoms with van der Waals surface area (Å²) in [5.41, 5.74) is 0.680. The Balaban J connectivity index is 1.86. The third-order valence-electron chi connectivity index (χ3n) is 3.79. The highest BCUT2D eigenvalue weighted by molar-refractivity contribution is 6.30. The molecule has 1 aromatic carbocycles. The second-order valence-corrected chi connectivity index (χ2v) is 7.28. The molecule has 0 bridgehead atoms. The molecule has 2 amide bonds. The van der Waals surface area contributed by atoms with Gasteiger partial charge < -0.3 is 10.2 Å². The van der Waals surface area contributed by atoms with Crippen molar-refractivity contribution in [3.05, 3.63) is 34.9 Å². The van der Waals surface area contributed by atoms with Gasteiger partial charge in [0.25, 0.3) is 0 Å². The third-order valence-corrected chi connectivity index (χ3v) is 4.03. The maximum Gasteiger partial charge on any atom is 0.225 e. The number of nitrogens with one attached hydrogen (secondary N) is 1. The second kappa shape index (κ2) is 6.69. The van der Waals surface area contributed by atoms with E-state index in [9.17, 15) is 9.59 Å². The fourth-order valence-corrected chi connectivity index (χ4v) is 2.66. The summed E-state index contributed by atoms with van der Waals surface area (Å²) >= 11 is 5.96. The number of hydrogen-bond donors (Lipinski definition) is 1. The Bertz CT molecular complexity index is 566. The smallest absolute Gasteiger partial charge is 0.225 e. The monoisotopic (exact) mass is 322 g/mol. The number of benzene rings is 1. The lowest BCUT2D eigenvalue weighted by Crippen LogP contribution is -2.43. The molecule has 5 heteroatoms. The number of carbonyl (C=O) groups is 2. The fourth-order valence-electron chi connectivity index (χ4n) is 2.44. The molecule has 0 aromatic heterocycles. The zero-order valence-corrected chi connectivity index (χ0v) is 14.1. The van der Waals surface area contributed by atoms with Crippen LogP contribution in [-0.2, 0) is 16.0 Å². The minimum absolute atomic E-state index is 0.0120.